The van der Waals surface area contributed by atoms with Crippen molar-refractivity contribution in [1.29, 1.82) is 0 Å². The Bertz CT molecular complexity index is 690. The highest BCUT2D eigenvalue weighted by atomic mass is 19.1. The Hall–Kier alpha value is -2.15. The van der Waals surface area contributed by atoms with Crippen LogP contribution in [-0.2, 0) is 9.59 Å². The average Bonchev–Trinajstić information content (AvgIpc) is 3.02. The number of para-hydroxylation sites is 1. The molecule has 2 bridgehead atoms. The van der Waals surface area contributed by atoms with Crippen LogP contribution in [0.2, 0.25) is 0 Å². The molecule has 0 saturated carbocycles. The molecule has 140 valence electrons. The van der Waals surface area contributed by atoms with Crippen molar-refractivity contribution in [2.45, 2.75) is 31.3 Å². The number of hydrogen-bond donors (Lipinski definition) is 1. The van der Waals surface area contributed by atoms with Crippen LogP contribution in [0.3, 0.4) is 0 Å². The standard InChI is InChI=1S/C19H25FN4O2/c20-16-3-1-2-4-17(16)22-7-9-23(10-8-22)19(26)13-24-12-15-6-5-14(21-15)11-18(24)25/h1-4,14-15,21H,5-13H2/t14-,15+/m1/s1. The van der Waals surface area contributed by atoms with E-state index in [1.807, 2.05) is 11.0 Å². The van der Waals surface area contributed by atoms with Gasteiger partial charge in [0.2, 0.25) is 11.8 Å². The number of amides is 2. The van der Waals surface area contributed by atoms with Crippen molar-refractivity contribution in [2.75, 3.05) is 44.2 Å². The van der Waals surface area contributed by atoms with Gasteiger partial charge in [-0.05, 0) is 25.0 Å². The largest absolute Gasteiger partial charge is 0.366 e. The zero-order valence-corrected chi connectivity index (χ0v) is 14.9. The van der Waals surface area contributed by atoms with Crippen LogP contribution >= 0.6 is 0 Å². The van der Waals surface area contributed by atoms with E-state index in [1.54, 1.807) is 21.9 Å². The number of carbonyl (C=O) groups excluding carboxylic acids is 2. The normalized spacial score (nSPS) is 26.2. The smallest absolute Gasteiger partial charge is 0.242 e. The molecule has 0 aliphatic carbocycles. The molecule has 2 amide bonds. The van der Waals surface area contributed by atoms with E-state index in [0.29, 0.717) is 50.9 Å². The molecule has 7 heteroatoms. The lowest BCUT2D eigenvalue weighted by Crippen LogP contribution is -2.52. The summed E-state index contributed by atoms with van der Waals surface area (Å²) in [4.78, 5) is 30.5. The molecule has 1 aromatic rings. The summed E-state index contributed by atoms with van der Waals surface area (Å²) in [6.07, 6.45) is 2.62. The van der Waals surface area contributed by atoms with Gasteiger partial charge in [0.05, 0.1) is 12.2 Å². The number of piperazine rings is 1. The number of nitrogens with zero attached hydrogens (tertiary/aromatic N) is 3. The van der Waals surface area contributed by atoms with E-state index in [0.717, 1.165) is 12.8 Å². The minimum atomic E-state index is -0.231. The van der Waals surface area contributed by atoms with Crippen LogP contribution in [0.1, 0.15) is 19.3 Å². The van der Waals surface area contributed by atoms with Crippen LogP contribution in [0, 0.1) is 5.82 Å². The lowest BCUT2D eigenvalue weighted by molar-refractivity contribution is -0.140. The number of carbonyl (C=O) groups is 2. The van der Waals surface area contributed by atoms with E-state index >= 15 is 0 Å². The van der Waals surface area contributed by atoms with Gasteiger partial charge in [-0.25, -0.2) is 4.39 Å². The third-order valence-electron chi connectivity index (χ3n) is 5.70. The van der Waals surface area contributed by atoms with Gasteiger partial charge in [-0.3, -0.25) is 9.59 Å². The molecule has 3 aliphatic rings. The van der Waals surface area contributed by atoms with Crippen molar-refractivity contribution in [3.05, 3.63) is 30.1 Å². The third kappa shape index (κ3) is 3.53. The van der Waals surface area contributed by atoms with E-state index < -0.39 is 0 Å². The second kappa shape index (κ2) is 7.23. The number of rotatable bonds is 3. The first kappa shape index (κ1) is 17.3. The first-order valence-electron chi connectivity index (χ1n) is 9.41. The Labute approximate surface area is 152 Å². The molecule has 4 rings (SSSR count). The van der Waals surface area contributed by atoms with E-state index in [1.165, 1.54) is 6.07 Å². The van der Waals surface area contributed by atoms with Crippen molar-refractivity contribution in [2.24, 2.45) is 0 Å². The molecule has 1 N–H and O–H groups in total. The summed E-state index contributed by atoms with van der Waals surface area (Å²) < 4.78 is 13.9. The van der Waals surface area contributed by atoms with Crippen LogP contribution in [0.25, 0.3) is 0 Å². The maximum Gasteiger partial charge on any atom is 0.242 e. The highest BCUT2D eigenvalue weighted by Crippen LogP contribution is 2.22. The van der Waals surface area contributed by atoms with Gasteiger partial charge in [-0.15, -0.1) is 0 Å². The third-order valence-corrected chi connectivity index (χ3v) is 5.70. The van der Waals surface area contributed by atoms with Crippen molar-refractivity contribution in [3.8, 4) is 0 Å². The molecular formula is C19H25FN4O2. The zero-order chi connectivity index (χ0) is 18.1. The van der Waals surface area contributed by atoms with Gasteiger partial charge in [0.1, 0.15) is 5.82 Å². The minimum absolute atomic E-state index is 0.00990. The summed E-state index contributed by atoms with van der Waals surface area (Å²) >= 11 is 0. The van der Waals surface area contributed by atoms with Crippen LogP contribution in [0.5, 0.6) is 0 Å². The molecule has 1 aromatic carbocycles. The molecule has 6 nitrogen and oxygen atoms in total. The van der Waals surface area contributed by atoms with Gasteiger partial charge in [-0.2, -0.15) is 0 Å². The van der Waals surface area contributed by atoms with E-state index in [4.69, 9.17) is 0 Å². The summed E-state index contributed by atoms with van der Waals surface area (Å²) in [5.41, 5.74) is 0.587. The van der Waals surface area contributed by atoms with Gasteiger partial charge in [0.15, 0.2) is 0 Å². The predicted molar refractivity (Wildman–Crippen MR) is 96.3 cm³/mol. The van der Waals surface area contributed by atoms with Crippen molar-refractivity contribution in [1.82, 2.24) is 15.1 Å². The SMILES string of the molecule is O=C(CN1C[C@@H]2CC[C@H](CC1=O)N2)N1CCN(c2ccccc2F)CC1. The highest BCUT2D eigenvalue weighted by molar-refractivity contribution is 5.85. The number of fused-ring (bicyclic) bond motifs is 2. The van der Waals surface area contributed by atoms with E-state index in [2.05, 4.69) is 5.32 Å². The van der Waals surface area contributed by atoms with Gasteiger partial charge < -0.3 is 20.0 Å². The molecular weight excluding hydrogens is 335 g/mol. The molecule has 0 aromatic heterocycles. The maximum absolute atomic E-state index is 13.9. The molecule has 0 spiro atoms. The zero-order valence-electron chi connectivity index (χ0n) is 14.9. The summed E-state index contributed by atoms with van der Waals surface area (Å²) in [5, 5.41) is 3.47. The topological polar surface area (TPSA) is 55.9 Å². The Balaban J connectivity index is 1.32. The fourth-order valence-corrected chi connectivity index (χ4v) is 4.24. The van der Waals surface area contributed by atoms with Crippen LogP contribution < -0.4 is 10.2 Å². The van der Waals surface area contributed by atoms with Crippen molar-refractivity contribution >= 4 is 17.5 Å². The lowest BCUT2D eigenvalue weighted by atomic mass is 10.1. The van der Waals surface area contributed by atoms with Crippen molar-refractivity contribution in [3.63, 3.8) is 0 Å². The molecule has 2 atom stereocenters. The second-order valence-corrected chi connectivity index (χ2v) is 7.44. The van der Waals surface area contributed by atoms with Gasteiger partial charge in [-0.1, -0.05) is 12.1 Å². The molecule has 3 heterocycles. The number of nitrogens with one attached hydrogen (secondary N) is 1. The number of likely N-dealkylation sites (tertiary alicyclic amines) is 1. The quantitative estimate of drug-likeness (QED) is 0.868. The summed E-state index contributed by atoms with van der Waals surface area (Å²) in [6, 6.07) is 7.32. The monoisotopic (exact) mass is 360 g/mol. The number of benzene rings is 1. The Morgan fingerprint density at radius 2 is 1.85 bits per heavy atom. The van der Waals surface area contributed by atoms with Crippen LogP contribution in [0.15, 0.2) is 24.3 Å². The minimum Gasteiger partial charge on any atom is -0.366 e. The Morgan fingerprint density at radius 3 is 2.62 bits per heavy atom. The lowest BCUT2D eigenvalue weighted by Gasteiger charge is -2.37. The molecule has 26 heavy (non-hydrogen) atoms. The number of halogens is 1. The number of hydrogen-bond acceptors (Lipinski definition) is 4. The summed E-state index contributed by atoms with van der Waals surface area (Å²) in [5.74, 6) is -0.169. The van der Waals surface area contributed by atoms with Gasteiger partial charge in [0.25, 0.3) is 0 Å². The number of anilines is 1. The average molecular weight is 360 g/mol. The van der Waals surface area contributed by atoms with Gasteiger partial charge >= 0.3 is 0 Å². The van der Waals surface area contributed by atoms with Gasteiger partial charge in [0, 0.05) is 51.2 Å². The molecule has 3 saturated heterocycles. The first-order chi connectivity index (χ1) is 12.6. The second-order valence-electron chi connectivity index (χ2n) is 7.44. The molecule has 3 aliphatic heterocycles. The summed E-state index contributed by atoms with van der Waals surface area (Å²) in [7, 11) is 0. The predicted octanol–water partition coefficient (Wildman–Crippen LogP) is 0.827. The Morgan fingerprint density at radius 1 is 1.12 bits per heavy atom. The van der Waals surface area contributed by atoms with Crippen molar-refractivity contribution < 1.29 is 14.0 Å². The highest BCUT2D eigenvalue weighted by Gasteiger charge is 2.35. The maximum atomic E-state index is 13.9. The molecule has 3 fully saturated rings. The van der Waals surface area contributed by atoms with Crippen LogP contribution in [-0.4, -0.2) is 73.0 Å². The Kier molecular flexibility index (Phi) is 4.80. The molecule has 0 unspecified atom stereocenters. The van der Waals surface area contributed by atoms with E-state index in [-0.39, 0.29) is 30.2 Å². The van der Waals surface area contributed by atoms with E-state index in [9.17, 15) is 14.0 Å². The summed E-state index contributed by atoms with van der Waals surface area (Å²) in [6.45, 7) is 3.10. The molecule has 0 radical (unpaired) electrons. The fraction of sp³-hybridized carbons (Fsp3) is 0.579. The van der Waals surface area contributed by atoms with Crippen LogP contribution in [0.4, 0.5) is 10.1 Å². The fourth-order valence-electron chi connectivity index (χ4n) is 4.24. The first-order valence-corrected chi connectivity index (χ1v) is 9.41.